The Bertz CT molecular complexity index is 314. The van der Waals surface area contributed by atoms with Crippen LogP contribution in [0.2, 0.25) is 0 Å². The van der Waals surface area contributed by atoms with Crippen molar-refractivity contribution in [3.05, 3.63) is 17.0 Å². The quantitative estimate of drug-likeness (QED) is 0.692. The minimum Gasteiger partial charge on any atom is -0.330 e. The second-order valence-corrected chi connectivity index (χ2v) is 3.98. The first kappa shape index (κ1) is 8.75. The van der Waals surface area contributed by atoms with Gasteiger partial charge in [0.25, 0.3) is 0 Å². The second kappa shape index (κ2) is 3.14. The number of nitrogens with zero attached hydrogens (tertiary/aromatic N) is 2. The first-order valence-corrected chi connectivity index (χ1v) is 4.93. The van der Waals surface area contributed by atoms with Crippen molar-refractivity contribution in [2.45, 2.75) is 26.2 Å². The molecule has 0 radical (unpaired) electrons. The number of nitrogens with two attached hydrogens (primary N) is 1. The molecule has 0 aromatic carbocycles. The maximum absolute atomic E-state index is 5.67. The van der Waals surface area contributed by atoms with Gasteiger partial charge in [0, 0.05) is 12.7 Å². The molecule has 0 spiro atoms. The van der Waals surface area contributed by atoms with Crippen molar-refractivity contribution in [1.29, 1.82) is 0 Å². The average molecular weight is 179 g/mol. The van der Waals surface area contributed by atoms with E-state index in [1.165, 1.54) is 23.4 Å². The van der Waals surface area contributed by atoms with Crippen LogP contribution in [0.1, 0.15) is 23.4 Å². The Morgan fingerprint density at radius 1 is 1.62 bits per heavy atom. The standard InChI is InChI=1S/C10H17N3/c1-7-9-4-3-8(6-11)5-10(9)12-13(7)2/h8H,3-6,11H2,1-2H3. The maximum atomic E-state index is 5.67. The van der Waals surface area contributed by atoms with Gasteiger partial charge in [0.2, 0.25) is 0 Å². The van der Waals surface area contributed by atoms with E-state index in [2.05, 4.69) is 12.0 Å². The van der Waals surface area contributed by atoms with Crippen LogP contribution in [0.4, 0.5) is 0 Å². The monoisotopic (exact) mass is 179 g/mol. The largest absolute Gasteiger partial charge is 0.330 e. The highest BCUT2D eigenvalue weighted by molar-refractivity contribution is 5.28. The molecule has 3 nitrogen and oxygen atoms in total. The van der Waals surface area contributed by atoms with E-state index >= 15 is 0 Å². The summed E-state index contributed by atoms with van der Waals surface area (Å²) in [6.07, 6.45) is 3.47. The van der Waals surface area contributed by atoms with Gasteiger partial charge in [0.1, 0.15) is 0 Å². The molecule has 13 heavy (non-hydrogen) atoms. The van der Waals surface area contributed by atoms with Crippen LogP contribution < -0.4 is 5.73 Å². The lowest BCUT2D eigenvalue weighted by Crippen LogP contribution is -2.22. The summed E-state index contributed by atoms with van der Waals surface area (Å²) in [4.78, 5) is 0. The fourth-order valence-electron chi connectivity index (χ4n) is 2.13. The first-order valence-electron chi connectivity index (χ1n) is 4.93. The van der Waals surface area contributed by atoms with Crippen LogP contribution in [0.15, 0.2) is 0 Å². The van der Waals surface area contributed by atoms with Crippen molar-refractivity contribution >= 4 is 0 Å². The normalized spacial score (nSPS) is 21.6. The van der Waals surface area contributed by atoms with Crippen LogP contribution in [0.3, 0.4) is 0 Å². The van der Waals surface area contributed by atoms with Gasteiger partial charge in [0.05, 0.1) is 5.69 Å². The van der Waals surface area contributed by atoms with E-state index in [0.717, 1.165) is 19.4 Å². The van der Waals surface area contributed by atoms with Gasteiger partial charge < -0.3 is 5.73 Å². The van der Waals surface area contributed by atoms with E-state index in [-0.39, 0.29) is 0 Å². The van der Waals surface area contributed by atoms with Crippen molar-refractivity contribution in [2.24, 2.45) is 18.7 Å². The Labute approximate surface area is 78.9 Å². The molecule has 3 heteroatoms. The summed E-state index contributed by atoms with van der Waals surface area (Å²) < 4.78 is 1.99. The molecule has 72 valence electrons. The smallest absolute Gasteiger partial charge is 0.0662 e. The summed E-state index contributed by atoms with van der Waals surface area (Å²) in [7, 11) is 2.02. The summed E-state index contributed by atoms with van der Waals surface area (Å²) >= 11 is 0. The van der Waals surface area contributed by atoms with Crippen molar-refractivity contribution < 1.29 is 0 Å². The predicted molar refractivity (Wildman–Crippen MR) is 52.5 cm³/mol. The number of rotatable bonds is 1. The van der Waals surface area contributed by atoms with Gasteiger partial charge in [-0.15, -0.1) is 0 Å². The van der Waals surface area contributed by atoms with Crippen LogP contribution in [0.5, 0.6) is 0 Å². The molecule has 0 bridgehead atoms. The Kier molecular flexibility index (Phi) is 2.12. The third-order valence-electron chi connectivity index (χ3n) is 3.16. The third kappa shape index (κ3) is 1.37. The third-order valence-corrected chi connectivity index (χ3v) is 3.16. The summed E-state index contributed by atoms with van der Waals surface area (Å²) in [5.74, 6) is 0.654. The van der Waals surface area contributed by atoms with Crippen LogP contribution in [0.25, 0.3) is 0 Å². The van der Waals surface area contributed by atoms with Crippen molar-refractivity contribution in [1.82, 2.24) is 9.78 Å². The van der Waals surface area contributed by atoms with E-state index in [4.69, 9.17) is 5.73 Å². The molecule has 1 aromatic heterocycles. The molecule has 0 fully saturated rings. The molecule has 0 aliphatic heterocycles. The molecule has 1 aliphatic rings. The zero-order chi connectivity index (χ0) is 9.42. The van der Waals surface area contributed by atoms with E-state index < -0.39 is 0 Å². The molecule has 0 saturated heterocycles. The molecular weight excluding hydrogens is 162 g/mol. The molecule has 1 atom stereocenters. The lowest BCUT2D eigenvalue weighted by Gasteiger charge is -2.19. The molecule has 2 N–H and O–H groups in total. The molecule has 0 amide bonds. The van der Waals surface area contributed by atoms with Gasteiger partial charge in [-0.2, -0.15) is 5.10 Å². The summed E-state index contributed by atoms with van der Waals surface area (Å²) in [6, 6.07) is 0. The van der Waals surface area contributed by atoms with Crippen LogP contribution in [0, 0.1) is 12.8 Å². The molecular formula is C10H17N3. The second-order valence-electron chi connectivity index (χ2n) is 3.98. The van der Waals surface area contributed by atoms with Crippen molar-refractivity contribution in [3.8, 4) is 0 Å². The van der Waals surface area contributed by atoms with E-state index in [9.17, 15) is 0 Å². The summed E-state index contributed by atoms with van der Waals surface area (Å²) in [5.41, 5.74) is 9.74. The Hall–Kier alpha value is -0.830. The van der Waals surface area contributed by atoms with Gasteiger partial charge in [0.15, 0.2) is 0 Å². The predicted octanol–water partition coefficient (Wildman–Crippen LogP) is 0.792. The topological polar surface area (TPSA) is 43.8 Å². The number of hydrogen-bond acceptors (Lipinski definition) is 2. The highest BCUT2D eigenvalue weighted by Crippen LogP contribution is 2.26. The SMILES string of the molecule is Cc1c2c(nn1C)CC(CN)CC2. The van der Waals surface area contributed by atoms with Crippen molar-refractivity contribution in [3.63, 3.8) is 0 Å². The molecule has 1 aliphatic carbocycles. The van der Waals surface area contributed by atoms with E-state index in [0.29, 0.717) is 5.92 Å². The highest BCUT2D eigenvalue weighted by Gasteiger charge is 2.22. The highest BCUT2D eigenvalue weighted by atomic mass is 15.3. The van der Waals surface area contributed by atoms with Gasteiger partial charge in [-0.3, -0.25) is 4.68 Å². The summed E-state index contributed by atoms with van der Waals surface area (Å²) in [6.45, 7) is 2.95. The van der Waals surface area contributed by atoms with Crippen LogP contribution in [-0.2, 0) is 19.9 Å². The zero-order valence-electron chi connectivity index (χ0n) is 8.38. The number of fused-ring (bicyclic) bond motifs is 1. The lowest BCUT2D eigenvalue weighted by atomic mass is 9.87. The molecule has 1 unspecified atom stereocenters. The Balaban J connectivity index is 2.31. The van der Waals surface area contributed by atoms with Gasteiger partial charge >= 0.3 is 0 Å². The van der Waals surface area contributed by atoms with Gasteiger partial charge in [-0.05, 0) is 44.2 Å². The first-order chi connectivity index (χ1) is 6.22. The van der Waals surface area contributed by atoms with Crippen molar-refractivity contribution in [2.75, 3.05) is 6.54 Å². The maximum Gasteiger partial charge on any atom is 0.0662 e. The average Bonchev–Trinajstić information content (AvgIpc) is 2.42. The van der Waals surface area contributed by atoms with Crippen LogP contribution in [-0.4, -0.2) is 16.3 Å². The van der Waals surface area contributed by atoms with E-state index in [1.807, 2.05) is 11.7 Å². The molecule has 2 rings (SSSR count). The number of aryl methyl sites for hydroxylation is 1. The number of aromatic nitrogens is 2. The minimum absolute atomic E-state index is 0.654. The van der Waals surface area contributed by atoms with E-state index in [1.54, 1.807) is 0 Å². The molecule has 1 heterocycles. The molecule has 1 aromatic rings. The number of hydrogen-bond donors (Lipinski definition) is 1. The summed E-state index contributed by atoms with van der Waals surface area (Å²) in [5, 5.41) is 4.51. The fourth-order valence-corrected chi connectivity index (χ4v) is 2.13. The van der Waals surface area contributed by atoms with Gasteiger partial charge in [-0.25, -0.2) is 0 Å². The Morgan fingerprint density at radius 2 is 2.38 bits per heavy atom. The van der Waals surface area contributed by atoms with Gasteiger partial charge in [-0.1, -0.05) is 0 Å². The van der Waals surface area contributed by atoms with Crippen LogP contribution >= 0.6 is 0 Å². The minimum atomic E-state index is 0.654. The Morgan fingerprint density at radius 3 is 3.08 bits per heavy atom. The lowest BCUT2D eigenvalue weighted by molar-refractivity contribution is 0.462. The molecule has 0 saturated carbocycles. The zero-order valence-corrected chi connectivity index (χ0v) is 8.38. The fraction of sp³-hybridized carbons (Fsp3) is 0.700.